The van der Waals surface area contributed by atoms with Crippen molar-refractivity contribution in [2.45, 2.75) is 32.6 Å². The molecule has 1 heterocycles. The summed E-state index contributed by atoms with van der Waals surface area (Å²) in [5.41, 5.74) is 11.4. The van der Waals surface area contributed by atoms with E-state index in [4.69, 9.17) is 5.73 Å². The second-order valence-corrected chi connectivity index (χ2v) is 5.96. The van der Waals surface area contributed by atoms with Crippen molar-refractivity contribution in [3.05, 3.63) is 59.4 Å². The molecule has 0 aliphatic rings. The van der Waals surface area contributed by atoms with Gasteiger partial charge in [-0.15, -0.1) is 0 Å². The molecular formula is C20H23FN2. The monoisotopic (exact) mass is 310 g/mol. The molecule has 1 aromatic heterocycles. The molecule has 0 amide bonds. The molecule has 3 rings (SSSR count). The minimum Gasteiger partial charge on any atom is -0.354 e. The van der Waals surface area contributed by atoms with Gasteiger partial charge in [-0.1, -0.05) is 31.2 Å². The number of unbranched alkanes of at least 4 members (excludes halogenated alkanes) is 1. The zero-order valence-electron chi connectivity index (χ0n) is 13.5. The van der Waals surface area contributed by atoms with E-state index in [0.717, 1.165) is 47.8 Å². The average Bonchev–Trinajstić information content (AvgIpc) is 2.93. The number of benzene rings is 2. The van der Waals surface area contributed by atoms with Gasteiger partial charge in [-0.3, -0.25) is 0 Å². The van der Waals surface area contributed by atoms with Crippen LogP contribution in [0.2, 0.25) is 0 Å². The standard InChI is InChI=1S/C20H23FN2/c1-2-14-6-8-15(9-7-14)20-17(5-3-4-12-22)18-13-16(21)10-11-19(18)23-20/h6-11,13,23H,2-5,12,22H2,1H3. The number of nitrogens with two attached hydrogens (primary N) is 1. The van der Waals surface area contributed by atoms with Gasteiger partial charge in [-0.25, -0.2) is 4.39 Å². The summed E-state index contributed by atoms with van der Waals surface area (Å²) in [6, 6.07) is 13.6. The van der Waals surface area contributed by atoms with E-state index >= 15 is 0 Å². The number of hydrogen-bond acceptors (Lipinski definition) is 1. The van der Waals surface area contributed by atoms with Crippen molar-refractivity contribution in [3.8, 4) is 11.3 Å². The fourth-order valence-electron chi connectivity index (χ4n) is 3.08. The number of halogens is 1. The number of H-pyrrole nitrogens is 1. The topological polar surface area (TPSA) is 41.8 Å². The molecule has 3 aromatic rings. The highest BCUT2D eigenvalue weighted by molar-refractivity contribution is 5.90. The van der Waals surface area contributed by atoms with Gasteiger partial charge in [0.15, 0.2) is 0 Å². The Bertz CT molecular complexity index is 787. The van der Waals surface area contributed by atoms with Crippen LogP contribution >= 0.6 is 0 Å². The van der Waals surface area contributed by atoms with Crippen molar-refractivity contribution in [3.63, 3.8) is 0 Å². The maximum Gasteiger partial charge on any atom is 0.123 e. The first-order valence-electron chi connectivity index (χ1n) is 8.32. The second kappa shape index (κ2) is 6.97. The Kier molecular flexibility index (Phi) is 4.77. The van der Waals surface area contributed by atoms with Gasteiger partial charge in [-0.05, 0) is 67.1 Å². The molecule has 2 aromatic carbocycles. The van der Waals surface area contributed by atoms with E-state index in [0.29, 0.717) is 6.54 Å². The number of hydrogen-bond donors (Lipinski definition) is 2. The Hall–Kier alpha value is -2.13. The Morgan fingerprint density at radius 2 is 1.83 bits per heavy atom. The molecule has 0 saturated heterocycles. The van der Waals surface area contributed by atoms with E-state index in [-0.39, 0.29) is 5.82 Å². The van der Waals surface area contributed by atoms with E-state index in [2.05, 4.69) is 36.2 Å². The number of nitrogens with one attached hydrogen (secondary N) is 1. The molecule has 0 aliphatic carbocycles. The molecule has 3 heteroatoms. The third kappa shape index (κ3) is 3.30. The Labute approximate surface area is 136 Å². The van der Waals surface area contributed by atoms with E-state index in [1.165, 1.54) is 17.2 Å². The average molecular weight is 310 g/mol. The van der Waals surface area contributed by atoms with E-state index in [1.807, 2.05) is 6.07 Å². The zero-order valence-corrected chi connectivity index (χ0v) is 13.5. The Morgan fingerprint density at radius 1 is 1.04 bits per heavy atom. The maximum atomic E-state index is 13.7. The van der Waals surface area contributed by atoms with Crippen molar-refractivity contribution in [2.24, 2.45) is 5.73 Å². The summed E-state index contributed by atoms with van der Waals surface area (Å²) < 4.78 is 13.7. The highest BCUT2D eigenvalue weighted by Crippen LogP contribution is 2.32. The van der Waals surface area contributed by atoms with Gasteiger partial charge in [0.2, 0.25) is 0 Å². The first-order chi connectivity index (χ1) is 11.2. The predicted molar refractivity (Wildman–Crippen MR) is 95.1 cm³/mol. The fraction of sp³-hybridized carbons (Fsp3) is 0.300. The third-order valence-electron chi connectivity index (χ3n) is 4.40. The van der Waals surface area contributed by atoms with Gasteiger partial charge in [-0.2, -0.15) is 0 Å². The minimum absolute atomic E-state index is 0.190. The van der Waals surface area contributed by atoms with Crippen molar-refractivity contribution < 1.29 is 4.39 Å². The number of aromatic nitrogens is 1. The highest BCUT2D eigenvalue weighted by Gasteiger charge is 2.13. The van der Waals surface area contributed by atoms with Crippen LogP contribution in [0.4, 0.5) is 4.39 Å². The van der Waals surface area contributed by atoms with Crippen LogP contribution in [0, 0.1) is 5.82 Å². The third-order valence-corrected chi connectivity index (χ3v) is 4.40. The van der Waals surface area contributed by atoms with Crippen LogP contribution in [0.25, 0.3) is 22.2 Å². The summed E-state index contributed by atoms with van der Waals surface area (Å²) in [4.78, 5) is 3.47. The summed E-state index contributed by atoms with van der Waals surface area (Å²) in [7, 11) is 0. The number of aryl methyl sites for hydroxylation is 2. The first-order valence-corrected chi connectivity index (χ1v) is 8.32. The number of fused-ring (bicyclic) bond motifs is 1. The molecule has 120 valence electrons. The van der Waals surface area contributed by atoms with Crippen molar-refractivity contribution >= 4 is 10.9 Å². The van der Waals surface area contributed by atoms with Crippen LogP contribution in [-0.2, 0) is 12.8 Å². The van der Waals surface area contributed by atoms with Crippen LogP contribution in [0.3, 0.4) is 0 Å². The molecule has 0 aliphatic heterocycles. The smallest absolute Gasteiger partial charge is 0.123 e. The van der Waals surface area contributed by atoms with Crippen LogP contribution in [-0.4, -0.2) is 11.5 Å². The first kappa shape index (κ1) is 15.8. The Balaban J connectivity index is 2.07. The van der Waals surface area contributed by atoms with Gasteiger partial charge in [0.1, 0.15) is 5.82 Å². The zero-order chi connectivity index (χ0) is 16.2. The van der Waals surface area contributed by atoms with E-state index in [9.17, 15) is 4.39 Å². The molecule has 0 bridgehead atoms. The van der Waals surface area contributed by atoms with Crippen LogP contribution in [0.5, 0.6) is 0 Å². The Morgan fingerprint density at radius 3 is 2.52 bits per heavy atom. The van der Waals surface area contributed by atoms with E-state index < -0.39 is 0 Å². The lowest BCUT2D eigenvalue weighted by Gasteiger charge is -2.06. The minimum atomic E-state index is -0.190. The lowest BCUT2D eigenvalue weighted by atomic mass is 9.99. The van der Waals surface area contributed by atoms with Gasteiger partial charge >= 0.3 is 0 Å². The van der Waals surface area contributed by atoms with Gasteiger partial charge in [0.25, 0.3) is 0 Å². The summed E-state index contributed by atoms with van der Waals surface area (Å²) in [5.74, 6) is -0.190. The lowest BCUT2D eigenvalue weighted by Crippen LogP contribution is -1.99. The molecule has 0 spiro atoms. The number of rotatable bonds is 6. The quantitative estimate of drug-likeness (QED) is 0.630. The molecule has 0 fully saturated rings. The fourth-order valence-corrected chi connectivity index (χ4v) is 3.08. The molecule has 0 saturated carbocycles. The van der Waals surface area contributed by atoms with Crippen LogP contribution in [0.15, 0.2) is 42.5 Å². The van der Waals surface area contributed by atoms with Gasteiger partial charge < -0.3 is 10.7 Å². The highest BCUT2D eigenvalue weighted by atomic mass is 19.1. The molecule has 0 radical (unpaired) electrons. The molecular weight excluding hydrogens is 287 g/mol. The van der Waals surface area contributed by atoms with Gasteiger partial charge in [0, 0.05) is 16.6 Å². The maximum absolute atomic E-state index is 13.7. The summed E-state index contributed by atoms with van der Waals surface area (Å²) >= 11 is 0. The predicted octanol–water partition coefficient (Wildman–Crippen LogP) is 4.82. The second-order valence-electron chi connectivity index (χ2n) is 5.96. The molecule has 2 nitrogen and oxygen atoms in total. The lowest BCUT2D eigenvalue weighted by molar-refractivity contribution is 0.629. The molecule has 0 unspecified atom stereocenters. The summed E-state index contributed by atoms with van der Waals surface area (Å²) in [6.07, 6.45) is 3.93. The molecule has 0 atom stereocenters. The van der Waals surface area contributed by atoms with E-state index in [1.54, 1.807) is 6.07 Å². The largest absolute Gasteiger partial charge is 0.354 e. The van der Waals surface area contributed by atoms with Crippen molar-refractivity contribution in [1.82, 2.24) is 4.98 Å². The molecule has 23 heavy (non-hydrogen) atoms. The van der Waals surface area contributed by atoms with Crippen molar-refractivity contribution in [2.75, 3.05) is 6.54 Å². The SMILES string of the molecule is CCc1ccc(-c2[nH]c3ccc(F)cc3c2CCCCN)cc1. The van der Waals surface area contributed by atoms with Crippen LogP contribution in [0.1, 0.15) is 30.9 Å². The molecule has 3 N–H and O–H groups in total. The normalized spacial score (nSPS) is 11.3. The summed E-state index contributed by atoms with van der Waals surface area (Å²) in [6.45, 7) is 2.84. The van der Waals surface area contributed by atoms with Crippen molar-refractivity contribution in [1.29, 1.82) is 0 Å². The van der Waals surface area contributed by atoms with Crippen LogP contribution < -0.4 is 5.73 Å². The summed E-state index contributed by atoms with van der Waals surface area (Å²) in [5, 5.41) is 0.983. The van der Waals surface area contributed by atoms with Gasteiger partial charge in [0.05, 0.1) is 0 Å². The number of aromatic amines is 1.